The summed E-state index contributed by atoms with van der Waals surface area (Å²) in [6.45, 7) is 5.85. The molecule has 0 radical (unpaired) electrons. The van der Waals surface area contributed by atoms with Crippen LogP contribution in [0.5, 0.6) is 5.75 Å². The van der Waals surface area contributed by atoms with E-state index in [1.807, 2.05) is 31.2 Å². The molecule has 0 spiro atoms. The normalized spacial score (nSPS) is 10.6. The second-order valence-electron chi connectivity index (χ2n) is 5.86. The first-order valence-electron chi connectivity index (χ1n) is 7.92. The van der Waals surface area contributed by atoms with Crippen molar-refractivity contribution in [3.63, 3.8) is 0 Å². The molecular formula is C17H22N4O4. The van der Waals surface area contributed by atoms with Crippen molar-refractivity contribution in [3.05, 3.63) is 51.3 Å². The fourth-order valence-corrected chi connectivity index (χ4v) is 2.49. The van der Waals surface area contributed by atoms with Crippen LogP contribution < -0.4 is 4.74 Å². The lowest BCUT2D eigenvalue weighted by Gasteiger charge is -2.18. The number of carbonyl (C=O) groups excluding carboxylic acids is 1. The van der Waals surface area contributed by atoms with E-state index in [0.717, 1.165) is 11.3 Å². The van der Waals surface area contributed by atoms with E-state index in [1.54, 1.807) is 20.9 Å². The van der Waals surface area contributed by atoms with Gasteiger partial charge in [0.25, 0.3) is 0 Å². The highest BCUT2D eigenvalue weighted by Crippen LogP contribution is 2.21. The number of nitrogens with zero attached hydrogens (tertiary/aromatic N) is 4. The maximum atomic E-state index is 12.3. The third kappa shape index (κ3) is 4.34. The van der Waals surface area contributed by atoms with E-state index >= 15 is 0 Å². The number of rotatable bonds is 7. The number of aromatic nitrogens is 2. The zero-order valence-electron chi connectivity index (χ0n) is 14.9. The summed E-state index contributed by atoms with van der Waals surface area (Å²) in [6, 6.07) is 7.67. The fourth-order valence-electron chi connectivity index (χ4n) is 2.49. The molecule has 0 aliphatic heterocycles. The summed E-state index contributed by atoms with van der Waals surface area (Å²) >= 11 is 0. The van der Waals surface area contributed by atoms with Gasteiger partial charge in [0.15, 0.2) is 0 Å². The summed E-state index contributed by atoms with van der Waals surface area (Å²) in [5.74, 6) is 0.603. The standard InChI is InChI=1S/C17H22N4O4/c1-12-7-5-6-8-15(12)25-10-9-19(4)16(22)11-20-14(3)17(21(23)24)13(2)18-20/h5-8H,9-11H2,1-4H3. The van der Waals surface area contributed by atoms with Crippen molar-refractivity contribution < 1.29 is 14.5 Å². The molecule has 1 heterocycles. The van der Waals surface area contributed by atoms with E-state index in [-0.39, 0.29) is 18.1 Å². The van der Waals surface area contributed by atoms with Crippen LogP contribution in [-0.2, 0) is 11.3 Å². The zero-order valence-corrected chi connectivity index (χ0v) is 14.9. The maximum Gasteiger partial charge on any atom is 0.312 e. The second-order valence-corrected chi connectivity index (χ2v) is 5.86. The van der Waals surface area contributed by atoms with Gasteiger partial charge in [-0.2, -0.15) is 5.10 Å². The lowest BCUT2D eigenvalue weighted by molar-refractivity contribution is -0.386. The predicted molar refractivity (Wildman–Crippen MR) is 92.7 cm³/mol. The summed E-state index contributed by atoms with van der Waals surface area (Å²) in [5.41, 5.74) is 1.67. The number of hydrogen-bond donors (Lipinski definition) is 0. The Balaban J connectivity index is 1.92. The molecule has 0 bridgehead atoms. The van der Waals surface area contributed by atoms with E-state index in [9.17, 15) is 14.9 Å². The second kappa shape index (κ2) is 7.78. The van der Waals surface area contributed by atoms with Crippen LogP contribution in [-0.4, -0.2) is 45.7 Å². The van der Waals surface area contributed by atoms with Crippen molar-refractivity contribution in [1.29, 1.82) is 0 Å². The summed E-state index contributed by atoms with van der Waals surface area (Å²) in [4.78, 5) is 24.4. The van der Waals surface area contributed by atoms with Crippen LogP contribution in [0.4, 0.5) is 5.69 Å². The average molecular weight is 346 g/mol. The van der Waals surface area contributed by atoms with Crippen molar-refractivity contribution in [2.24, 2.45) is 0 Å². The number of nitro groups is 1. The van der Waals surface area contributed by atoms with Gasteiger partial charge >= 0.3 is 5.69 Å². The third-order valence-corrected chi connectivity index (χ3v) is 4.01. The van der Waals surface area contributed by atoms with E-state index in [4.69, 9.17) is 4.74 Å². The highest BCUT2D eigenvalue weighted by Gasteiger charge is 2.23. The van der Waals surface area contributed by atoms with Crippen molar-refractivity contribution >= 4 is 11.6 Å². The zero-order chi connectivity index (χ0) is 18.6. The minimum Gasteiger partial charge on any atom is -0.491 e. The van der Waals surface area contributed by atoms with E-state index < -0.39 is 4.92 Å². The van der Waals surface area contributed by atoms with E-state index in [2.05, 4.69) is 5.10 Å². The van der Waals surface area contributed by atoms with Crippen LogP contribution in [0.2, 0.25) is 0 Å². The minimum atomic E-state index is -0.474. The number of amides is 1. The third-order valence-electron chi connectivity index (χ3n) is 4.01. The molecule has 0 N–H and O–H groups in total. The fraction of sp³-hybridized carbons (Fsp3) is 0.412. The monoisotopic (exact) mass is 346 g/mol. The molecule has 0 unspecified atom stereocenters. The van der Waals surface area contributed by atoms with Crippen molar-refractivity contribution in [2.75, 3.05) is 20.2 Å². The molecule has 0 aliphatic carbocycles. The Labute approximate surface area is 146 Å². The van der Waals surface area contributed by atoms with Crippen molar-refractivity contribution in [3.8, 4) is 5.75 Å². The number of aryl methyl sites for hydroxylation is 2. The van der Waals surface area contributed by atoms with Gasteiger partial charge in [-0.3, -0.25) is 19.6 Å². The quantitative estimate of drug-likeness (QED) is 0.566. The highest BCUT2D eigenvalue weighted by atomic mass is 16.6. The molecule has 0 saturated heterocycles. The largest absolute Gasteiger partial charge is 0.491 e. The smallest absolute Gasteiger partial charge is 0.312 e. The summed E-state index contributed by atoms with van der Waals surface area (Å²) in [6.07, 6.45) is 0. The molecule has 0 fully saturated rings. The van der Waals surface area contributed by atoms with Gasteiger partial charge in [-0.05, 0) is 32.4 Å². The molecule has 8 nitrogen and oxygen atoms in total. The Morgan fingerprint density at radius 3 is 2.60 bits per heavy atom. The number of carbonyl (C=O) groups is 1. The van der Waals surface area contributed by atoms with Gasteiger partial charge in [-0.15, -0.1) is 0 Å². The first kappa shape index (κ1) is 18.4. The van der Waals surface area contributed by atoms with Crippen LogP contribution in [0.25, 0.3) is 0 Å². The summed E-state index contributed by atoms with van der Waals surface area (Å²) in [7, 11) is 1.67. The van der Waals surface area contributed by atoms with Gasteiger partial charge in [0, 0.05) is 7.05 Å². The van der Waals surface area contributed by atoms with Crippen LogP contribution in [0.15, 0.2) is 24.3 Å². The van der Waals surface area contributed by atoms with Gasteiger partial charge in [0.05, 0.1) is 11.5 Å². The SMILES string of the molecule is Cc1ccccc1OCCN(C)C(=O)Cn1nc(C)c([N+](=O)[O-])c1C. The van der Waals surface area contributed by atoms with Gasteiger partial charge in [0.1, 0.15) is 30.3 Å². The number of ether oxygens (including phenoxy) is 1. The Kier molecular flexibility index (Phi) is 5.74. The summed E-state index contributed by atoms with van der Waals surface area (Å²) < 4.78 is 7.05. The lowest BCUT2D eigenvalue weighted by atomic mass is 10.2. The molecule has 0 saturated carbocycles. The molecule has 134 valence electrons. The molecule has 8 heteroatoms. The first-order chi connectivity index (χ1) is 11.8. The number of likely N-dealkylation sites (N-methyl/N-ethyl adjacent to an activating group) is 1. The molecule has 1 aromatic carbocycles. The number of hydrogen-bond acceptors (Lipinski definition) is 5. The van der Waals surface area contributed by atoms with Crippen LogP contribution in [0, 0.1) is 30.9 Å². The van der Waals surface area contributed by atoms with E-state index in [1.165, 1.54) is 9.58 Å². The molecule has 2 aromatic rings. The topological polar surface area (TPSA) is 90.5 Å². The van der Waals surface area contributed by atoms with Crippen LogP contribution in [0.3, 0.4) is 0 Å². The van der Waals surface area contributed by atoms with E-state index in [0.29, 0.717) is 24.5 Å². The van der Waals surface area contributed by atoms with Crippen molar-refractivity contribution in [1.82, 2.24) is 14.7 Å². The van der Waals surface area contributed by atoms with Crippen LogP contribution >= 0.6 is 0 Å². The van der Waals surface area contributed by atoms with Gasteiger partial charge in [0.2, 0.25) is 5.91 Å². The molecular weight excluding hydrogens is 324 g/mol. The Bertz CT molecular complexity index is 785. The Morgan fingerprint density at radius 2 is 2.00 bits per heavy atom. The van der Waals surface area contributed by atoms with Crippen molar-refractivity contribution in [2.45, 2.75) is 27.3 Å². The molecule has 25 heavy (non-hydrogen) atoms. The molecule has 2 rings (SSSR count). The van der Waals surface area contributed by atoms with Gasteiger partial charge in [-0.1, -0.05) is 18.2 Å². The molecule has 1 amide bonds. The van der Waals surface area contributed by atoms with Gasteiger partial charge < -0.3 is 9.64 Å². The minimum absolute atomic E-state index is 0.0403. The summed E-state index contributed by atoms with van der Waals surface area (Å²) in [5, 5.41) is 15.1. The number of benzene rings is 1. The van der Waals surface area contributed by atoms with Crippen LogP contribution in [0.1, 0.15) is 17.0 Å². The molecule has 1 aromatic heterocycles. The lowest BCUT2D eigenvalue weighted by Crippen LogP contribution is -2.34. The first-order valence-corrected chi connectivity index (χ1v) is 7.92. The predicted octanol–water partition coefficient (Wildman–Crippen LogP) is 2.25. The Hall–Kier alpha value is -2.90. The Morgan fingerprint density at radius 1 is 1.32 bits per heavy atom. The molecule has 0 atom stereocenters. The number of para-hydroxylation sites is 1. The highest BCUT2D eigenvalue weighted by molar-refractivity contribution is 5.75. The maximum absolute atomic E-state index is 12.3. The average Bonchev–Trinajstić information content (AvgIpc) is 2.83. The van der Waals surface area contributed by atoms with Gasteiger partial charge in [-0.25, -0.2) is 0 Å². The molecule has 0 aliphatic rings.